The Morgan fingerprint density at radius 1 is 1.11 bits per heavy atom. The second-order valence-corrected chi connectivity index (χ2v) is 7.43. The Bertz CT molecular complexity index is 882. The molecule has 148 valence electrons. The van der Waals surface area contributed by atoms with Gasteiger partial charge in [-0.15, -0.1) is 0 Å². The molecule has 1 heterocycles. The zero-order valence-corrected chi connectivity index (χ0v) is 16.6. The Labute approximate surface area is 165 Å². The van der Waals surface area contributed by atoms with Crippen molar-refractivity contribution >= 4 is 17.3 Å². The number of nitrogens with zero attached hydrogens (tertiary/aromatic N) is 4. The molecule has 3 rings (SSSR count). The molecule has 0 atom stereocenters. The van der Waals surface area contributed by atoms with Gasteiger partial charge in [-0.3, -0.25) is 14.9 Å². The van der Waals surface area contributed by atoms with Crippen molar-refractivity contribution in [2.24, 2.45) is 0 Å². The predicted molar refractivity (Wildman–Crippen MR) is 110 cm³/mol. The van der Waals surface area contributed by atoms with Gasteiger partial charge in [-0.2, -0.15) is 0 Å². The third kappa shape index (κ3) is 4.31. The van der Waals surface area contributed by atoms with E-state index < -0.39 is 4.92 Å². The van der Waals surface area contributed by atoms with Crippen LogP contribution in [-0.2, 0) is 13.0 Å². The van der Waals surface area contributed by atoms with Crippen LogP contribution in [0.1, 0.15) is 21.5 Å². The monoisotopic (exact) mass is 382 g/mol. The summed E-state index contributed by atoms with van der Waals surface area (Å²) in [6.45, 7) is 2.74. The van der Waals surface area contributed by atoms with Gasteiger partial charge in [0.2, 0.25) is 0 Å². The fraction of sp³-hybridized carbons (Fsp3) is 0.381. The lowest BCUT2D eigenvalue weighted by atomic mass is 9.98. The van der Waals surface area contributed by atoms with Gasteiger partial charge in [-0.05, 0) is 37.7 Å². The molecule has 1 amide bonds. The maximum Gasteiger partial charge on any atom is 0.270 e. The number of nitro benzene ring substituents is 1. The number of carbonyl (C=O) groups is 1. The van der Waals surface area contributed by atoms with E-state index >= 15 is 0 Å². The summed E-state index contributed by atoms with van der Waals surface area (Å²) in [4.78, 5) is 29.7. The third-order valence-electron chi connectivity index (χ3n) is 5.12. The number of hydrogen-bond acceptors (Lipinski definition) is 5. The highest BCUT2D eigenvalue weighted by Gasteiger charge is 2.25. The molecule has 0 bridgehead atoms. The number of anilines is 1. The van der Waals surface area contributed by atoms with Crippen LogP contribution in [0.5, 0.6) is 0 Å². The SMILES string of the molecule is CN(C)CCN(C)C(=O)c1cc([N+](=O)[O-])ccc1N1CCc2ccccc2C1. The second-order valence-electron chi connectivity index (χ2n) is 7.43. The summed E-state index contributed by atoms with van der Waals surface area (Å²) >= 11 is 0. The van der Waals surface area contributed by atoms with E-state index in [4.69, 9.17) is 0 Å². The van der Waals surface area contributed by atoms with Crippen molar-refractivity contribution in [1.82, 2.24) is 9.80 Å². The van der Waals surface area contributed by atoms with Crippen LogP contribution in [0.15, 0.2) is 42.5 Å². The molecule has 0 aliphatic carbocycles. The molecule has 0 fully saturated rings. The normalized spacial score (nSPS) is 13.4. The summed E-state index contributed by atoms with van der Waals surface area (Å²) in [6.07, 6.45) is 0.886. The molecule has 0 saturated heterocycles. The fourth-order valence-electron chi connectivity index (χ4n) is 3.44. The number of fused-ring (bicyclic) bond motifs is 1. The topological polar surface area (TPSA) is 69.9 Å². The second kappa shape index (κ2) is 8.39. The minimum atomic E-state index is -0.452. The minimum absolute atomic E-state index is 0.0643. The highest BCUT2D eigenvalue weighted by molar-refractivity contribution is 6.00. The molecule has 0 saturated carbocycles. The number of carbonyl (C=O) groups excluding carboxylic acids is 1. The summed E-state index contributed by atoms with van der Waals surface area (Å²) in [5.41, 5.74) is 3.62. The molecular weight excluding hydrogens is 356 g/mol. The Kier molecular flexibility index (Phi) is 5.94. The van der Waals surface area contributed by atoms with Gasteiger partial charge in [0.15, 0.2) is 0 Å². The van der Waals surface area contributed by atoms with Crippen LogP contribution < -0.4 is 4.90 Å². The first kappa shape index (κ1) is 19.8. The number of benzene rings is 2. The molecular formula is C21H26N4O3. The summed E-state index contributed by atoms with van der Waals surface area (Å²) in [6, 6.07) is 12.9. The number of non-ortho nitro benzene ring substituents is 1. The van der Waals surface area contributed by atoms with Gasteiger partial charge in [0.05, 0.1) is 16.2 Å². The number of nitro groups is 1. The van der Waals surface area contributed by atoms with Crippen LogP contribution in [0.4, 0.5) is 11.4 Å². The van der Waals surface area contributed by atoms with Crippen molar-refractivity contribution in [2.75, 3.05) is 45.7 Å². The van der Waals surface area contributed by atoms with Crippen molar-refractivity contribution in [3.63, 3.8) is 0 Å². The van der Waals surface area contributed by atoms with Gasteiger partial charge in [0.1, 0.15) is 0 Å². The molecule has 1 aliphatic rings. The van der Waals surface area contributed by atoms with Gasteiger partial charge < -0.3 is 14.7 Å². The standard InChI is InChI=1S/C21H26N4O3/c1-22(2)12-13-23(3)21(26)19-14-18(25(27)28)8-9-20(19)24-11-10-16-6-4-5-7-17(16)15-24/h4-9,14H,10-13,15H2,1-3H3. The molecule has 0 unspecified atom stereocenters. The van der Waals surface area contributed by atoms with Crippen LogP contribution in [-0.4, -0.2) is 61.4 Å². The highest BCUT2D eigenvalue weighted by atomic mass is 16.6. The molecule has 0 radical (unpaired) electrons. The van der Waals surface area contributed by atoms with Crippen molar-refractivity contribution in [2.45, 2.75) is 13.0 Å². The molecule has 2 aromatic rings. The largest absolute Gasteiger partial charge is 0.366 e. The van der Waals surface area contributed by atoms with E-state index in [1.54, 1.807) is 18.0 Å². The van der Waals surface area contributed by atoms with Gasteiger partial charge in [0.25, 0.3) is 11.6 Å². The van der Waals surface area contributed by atoms with Gasteiger partial charge >= 0.3 is 0 Å². The zero-order valence-electron chi connectivity index (χ0n) is 16.6. The molecule has 7 heteroatoms. The van der Waals surface area contributed by atoms with Crippen LogP contribution in [0.3, 0.4) is 0 Å². The fourth-order valence-corrected chi connectivity index (χ4v) is 3.44. The first-order valence-corrected chi connectivity index (χ1v) is 9.37. The first-order valence-electron chi connectivity index (χ1n) is 9.37. The van der Waals surface area contributed by atoms with Crippen LogP contribution in [0.25, 0.3) is 0 Å². The van der Waals surface area contributed by atoms with E-state index in [1.807, 2.05) is 31.1 Å². The van der Waals surface area contributed by atoms with Crippen LogP contribution in [0, 0.1) is 10.1 Å². The predicted octanol–water partition coefficient (Wildman–Crippen LogP) is 2.79. The van der Waals surface area contributed by atoms with E-state index in [-0.39, 0.29) is 11.6 Å². The quantitative estimate of drug-likeness (QED) is 0.568. The number of likely N-dealkylation sites (N-methyl/N-ethyl adjacent to an activating group) is 2. The van der Waals surface area contributed by atoms with Crippen molar-refractivity contribution in [3.8, 4) is 0 Å². The van der Waals surface area contributed by atoms with Crippen LogP contribution in [0.2, 0.25) is 0 Å². The highest BCUT2D eigenvalue weighted by Crippen LogP contribution is 2.30. The average Bonchev–Trinajstić information content (AvgIpc) is 2.70. The van der Waals surface area contributed by atoms with Gasteiger partial charge in [0, 0.05) is 45.4 Å². The number of rotatable bonds is 6. The smallest absolute Gasteiger partial charge is 0.270 e. The molecule has 1 aliphatic heterocycles. The molecule has 2 aromatic carbocycles. The lowest BCUT2D eigenvalue weighted by Gasteiger charge is -2.32. The van der Waals surface area contributed by atoms with Crippen molar-refractivity contribution < 1.29 is 9.72 Å². The van der Waals surface area contributed by atoms with Gasteiger partial charge in [-0.1, -0.05) is 24.3 Å². The Balaban J connectivity index is 1.93. The third-order valence-corrected chi connectivity index (χ3v) is 5.12. The van der Waals surface area contributed by atoms with E-state index in [0.29, 0.717) is 18.7 Å². The lowest BCUT2D eigenvalue weighted by Crippen LogP contribution is -2.36. The first-order chi connectivity index (χ1) is 13.4. The molecule has 0 aromatic heterocycles. The molecule has 0 N–H and O–H groups in total. The summed E-state index contributed by atoms with van der Waals surface area (Å²) in [7, 11) is 5.63. The molecule has 28 heavy (non-hydrogen) atoms. The van der Waals surface area contributed by atoms with Crippen molar-refractivity contribution in [3.05, 3.63) is 69.3 Å². The Morgan fingerprint density at radius 2 is 1.82 bits per heavy atom. The molecule has 7 nitrogen and oxygen atoms in total. The maximum absolute atomic E-state index is 13.1. The van der Waals surface area contributed by atoms with Gasteiger partial charge in [-0.25, -0.2) is 0 Å². The van der Waals surface area contributed by atoms with E-state index in [1.165, 1.54) is 23.3 Å². The van der Waals surface area contributed by atoms with E-state index in [0.717, 1.165) is 25.2 Å². The average molecular weight is 382 g/mol. The minimum Gasteiger partial charge on any atom is -0.366 e. The maximum atomic E-state index is 13.1. The van der Waals surface area contributed by atoms with E-state index in [2.05, 4.69) is 17.0 Å². The van der Waals surface area contributed by atoms with Crippen LogP contribution >= 0.6 is 0 Å². The van der Waals surface area contributed by atoms with Crippen molar-refractivity contribution in [1.29, 1.82) is 0 Å². The summed E-state index contributed by atoms with van der Waals surface area (Å²) < 4.78 is 0. The number of hydrogen-bond donors (Lipinski definition) is 0. The zero-order chi connectivity index (χ0) is 20.3. The summed E-state index contributed by atoms with van der Waals surface area (Å²) in [5, 5.41) is 11.3. The lowest BCUT2D eigenvalue weighted by molar-refractivity contribution is -0.384. The Morgan fingerprint density at radius 3 is 2.50 bits per heavy atom. The summed E-state index contributed by atoms with van der Waals surface area (Å²) in [5.74, 6) is -0.195. The van der Waals surface area contributed by atoms with E-state index in [9.17, 15) is 14.9 Å². The molecule has 0 spiro atoms. The Hall–Kier alpha value is -2.93. The number of amides is 1.